The van der Waals surface area contributed by atoms with E-state index in [1.165, 1.54) is 12.4 Å². The molecule has 0 aliphatic carbocycles. The van der Waals surface area contributed by atoms with Crippen molar-refractivity contribution in [2.75, 3.05) is 17.7 Å². The fourth-order valence-electron chi connectivity index (χ4n) is 2.96. The van der Waals surface area contributed by atoms with Crippen LogP contribution in [-0.4, -0.2) is 28.0 Å². The maximum absolute atomic E-state index is 12.5. The fraction of sp³-hybridized carbons (Fsp3) is 0.0909. The highest BCUT2D eigenvalue weighted by Crippen LogP contribution is 2.26. The van der Waals surface area contributed by atoms with Crippen molar-refractivity contribution in [1.29, 1.82) is 0 Å². The number of fused-ring (bicyclic) bond motifs is 1. The van der Waals surface area contributed by atoms with E-state index in [1.54, 1.807) is 13.3 Å². The number of amides is 1. The highest BCUT2D eigenvalue weighted by atomic mass is 16.5. The standard InChI is InChI=1S/C22H19N5O2/c1-14-8-9-19(29-2)17(11-14)27-22(28)18-12-25-20(13-24-18)26-16-7-3-5-15-6-4-10-23-21(15)16/h3-13H,1-2H3,(H,25,26)(H,27,28). The normalized spacial score (nSPS) is 10.6. The Morgan fingerprint density at radius 2 is 1.83 bits per heavy atom. The molecule has 2 N–H and O–H groups in total. The lowest BCUT2D eigenvalue weighted by atomic mass is 10.2. The fourth-order valence-corrected chi connectivity index (χ4v) is 2.96. The zero-order valence-corrected chi connectivity index (χ0v) is 16.0. The number of carbonyl (C=O) groups is 1. The number of benzene rings is 2. The van der Waals surface area contributed by atoms with Gasteiger partial charge in [0.15, 0.2) is 0 Å². The minimum absolute atomic E-state index is 0.204. The summed E-state index contributed by atoms with van der Waals surface area (Å²) in [6, 6.07) is 15.3. The lowest BCUT2D eigenvalue weighted by Gasteiger charge is -2.11. The van der Waals surface area contributed by atoms with Crippen molar-refractivity contribution < 1.29 is 9.53 Å². The first kappa shape index (κ1) is 18.4. The molecule has 7 nitrogen and oxygen atoms in total. The third-order valence-electron chi connectivity index (χ3n) is 4.38. The number of hydrogen-bond donors (Lipinski definition) is 2. The predicted octanol–water partition coefficient (Wildman–Crippen LogP) is 4.34. The minimum atomic E-state index is -0.361. The molecule has 1 amide bonds. The minimum Gasteiger partial charge on any atom is -0.495 e. The van der Waals surface area contributed by atoms with E-state index in [0.29, 0.717) is 17.3 Å². The van der Waals surface area contributed by atoms with E-state index in [4.69, 9.17) is 4.74 Å². The summed E-state index contributed by atoms with van der Waals surface area (Å²) < 4.78 is 5.29. The number of nitrogens with zero attached hydrogens (tertiary/aromatic N) is 3. The smallest absolute Gasteiger partial charge is 0.275 e. The van der Waals surface area contributed by atoms with Gasteiger partial charge in [0.05, 0.1) is 36.4 Å². The van der Waals surface area contributed by atoms with Gasteiger partial charge < -0.3 is 15.4 Å². The van der Waals surface area contributed by atoms with Crippen molar-refractivity contribution >= 4 is 34.0 Å². The summed E-state index contributed by atoms with van der Waals surface area (Å²) in [5.41, 5.74) is 3.46. The third-order valence-corrected chi connectivity index (χ3v) is 4.38. The van der Waals surface area contributed by atoms with Gasteiger partial charge in [0.2, 0.25) is 0 Å². The number of rotatable bonds is 5. The Morgan fingerprint density at radius 1 is 0.966 bits per heavy atom. The van der Waals surface area contributed by atoms with Gasteiger partial charge in [-0.15, -0.1) is 0 Å². The Kier molecular flexibility index (Phi) is 5.03. The van der Waals surface area contributed by atoms with Crippen molar-refractivity contribution in [2.24, 2.45) is 0 Å². The van der Waals surface area contributed by atoms with E-state index in [9.17, 15) is 4.79 Å². The topological polar surface area (TPSA) is 89.0 Å². The van der Waals surface area contributed by atoms with Gasteiger partial charge >= 0.3 is 0 Å². The van der Waals surface area contributed by atoms with Gasteiger partial charge in [-0.3, -0.25) is 9.78 Å². The molecule has 29 heavy (non-hydrogen) atoms. The molecule has 7 heteroatoms. The molecule has 4 rings (SSSR count). The predicted molar refractivity (Wildman–Crippen MR) is 113 cm³/mol. The van der Waals surface area contributed by atoms with Crippen LogP contribution in [0.15, 0.2) is 67.1 Å². The number of para-hydroxylation sites is 1. The van der Waals surface area contributed by atoms with Crippen LogP contribution < -0.4 is 15.4 Å². The molecule has 0 fully saturated rings. The number of anilines is 3. The molecule has 144 valence electrons. The average Bonchev–Trinajstić information content (AvgIpc) is 2.75. The Bertz CT molecular complexity index is 1170. The first-order valence-corrected chi connectivity index (χ1v) is 9.03. The molecule has 4 aromatic rings. The van der Waals surface area contributed by atoms with Crippen molar-refractivity contribution in [3.63, 3.8) is 0 Å². The molecule has 2 aromatic heterocycles. The summed E-state index contributed by atoms with van der Waals surface area (Å²) in [5, 5.41) is 7.04. The van der Waals surface area contributed by atoms with Gasteiger partial charge in [0.25, 0.3) is 5.91 Å². The number of pyridine rings is 1. The summed E-state index contributed by atoms with van der Waals surface area (Å²) in [6.07, 6.45) is 4.69. The molecule has 2 aromatic carbocycles. The number of nitrogens with one attached hydrogen (secondary N) is 2. The van der Waals surface area contributed by atoms with Crippen LogP contribution in [0.1, 0.15) is 16.1 Å². The zero-order valence-electron chi connectivity index (χ0n) is 16.0. The SMILES string of the molecule is COc1ccc(C)cc1NC(=O)c1cnc(Nc2cccc3cccnc23)cn1. The molecule has 0 bridgehead atoms. The second-order valence-corrected chi connectivity index (χ2v) is 6.45. The van der Waals surface area contributed by atoms with Crippen LogP contribution in [0.25, 0.3) is 10.9 Å². The maximum Gasteiger partial charge on any atom is 0.275 e. The quantitative estimate of drug-likeness (QED) is 0.531. The third kappa shape index (κ3) is 3.98. The number of aromatic nitrogens is 3. The number of carbonyl (C=O) groups excluding carboxylic acids is 1. The van der Waals surface area contributed by atoms with Gasteiger partial charge in [-0.2, -0.15) is 0 Å². The zero-order chi connectivity index (χ0) is 20.2. The van der Waals surface area contributed by atoms with Gasteiger partial charge in [-0.1, -0.05) is 24.3 Å². The summed E-state index contributed by atoms with van der Waals surface area (Å²) >= 11 is 0. The molecule has 0 aliphatic rings. The first-order valence-electron chi connectivity index (χ1n) is 9.03. The number of methoxy groups -OCH3 is 1. The molecular weight excluding hydrogens is 366 g/mol. The monoisotopic (exact) mass is 385 g/mol. The summed E-state index contributed by atoms with van der Waals surface area (Å²) in [6.45, 7) is 1.94. The Morgan fingerprint density at radius 3 is 2.62 bits per heavy atom. The van der Waals surface area contributed by atoms with Gasteiger partial charge in [0.1, 0.15) is 17.3 Å². The number of ether oxygens (including phenoxy) is 1. The molecule has 0 spiro atoms. The van der Waals surface area contributed by atoms with Crippen LogP contribution >= 0.6 is 0 Å². The summed E-state index contributed by atoms with van der Waals surface area (Å²) in [7, 11) is 1.56. The Balaban J connectivity index is 1.52. The van der Waals surface area contributed by atoms with Crippen LogP contribution in [0.5, 0.6) is 5.75 Å². The first-order chi connectivity index (χ1) is 14.1. The van der Waals surface area contributed by atoms with Crippen molar-refractivity contribution in [2.45, 2.75) is 6.92 Å². The molecule has 0 saturated carbocycles. The van der Waals surface area contributed by atoms with E-state index in [1.807, 2.05) is 55.5 Å². The molecule has 0 unspecified atom stereocenters. The van der Waals surface area contributed by atoms with E-state index < -0.39 is 0 Å². The summed E-state index contributed by atoms with van der Waals surface area (Å²) in [4.78, 5) is 25.5. The highest BCUT2D eigenvalue weighted by Gasteiger charge is 2.12. The van der Waals surface area contributed by atoms with Gasteiger partial charge in [-0.25, -0.2) is 9.97 Å². The van der Waals surface area contributed by atoms with Crippen molar-refractivity contribution in [3.8, 4) is 5.75 Å². The van der Waals surface area contributed by atoms with Crippen LogP contribution in [0, 0.1) is 6.92 Å². The Labute approximate surface area is 167 Å². The molecule has 0 radical (unpaired) electrons. The molecule has 2 heterocycles. The lowest BCUT2D eigenvalue weighted by Crippen LogP contribution is -2.15. The number of aryl methyl sites for hydroxylation is 1. The largest absolute Gasteiger partial charge is 0.495 e. The van der Waals surface area contributed by atoms with E-state index in [0.717, 1.165) is 22.2 Å². The molecular formula is C22H19N5O2. The second kappa shape index (κ2) is 7.93. The average molecular weight is 385 g/mol. The van der Waals surface area contributed by atoms with Gasteiger partial charge in [0, 0.05) is 11.6 Å². The molecule has 0 atom stereocenters. The molecule has 0 saturated heterocycles. The maximum atomic E-state index is 12.5. The van der Waals surface area contributed by atoms with Crippen LogP contribution in [0.3, 0.4) is 0 Å². The summed E-state index contributed by atoms with van der Waals surface area (Å²) in [5.74, 6) is 0.742. The highest BCUT2D eigenvalue weighted by molar-refractivity contribution is 6.03. The van der Waals surface area contributed by atoms with Crippen LogP contribution in [-0.2, 0) is 0 Å². The van der Waals surface area contributed by atoms with Crippen LogP contribution in [0.2, 0.25) is 0 Å². The van der Waals surface area contributed by atoms with E-state index in [2.05, 4.69) is 25.6 Å². The van der Waals surface area contributed by atoms with E-state index in [-0.39, 0.29) is 11.6 Å². The second-order valence-electron chi connectivity index (χ2n) is 6.45. The van der Waals surface area contributed by atoms with Gasteiger partial charge in [-0.05, 0) is 36.8 Å². The lowest BCUT2D eigenvalue weighted by molar-refractivity contribution is 0.102. The van der Waals surface area contributed by atoms with Crippen molar-refractivity contribution in [3.05, 3.63) is 78.4 Å². The van der Waals surface area contributed by atoms with Crippen molar-refractivity contribution in [1.82, 2.24) is 15.0 Å². The number of hydrogen-bond acceptors (Lipinski definition) is 6. The van der Waals surface area contributed by atoms with Crippen LogP contribution in [0.4, 0.5) is 17.2 Å². The molecule has 0 aliphatic heterocycles. The Hall–Kier alpha value is -4.00. The van der Waals surface area contributed by atoms with E-state index >= 15 is 0 Å².